The van der Waals surface area contributed by atoms with Crippen LogP contribution in [0.3, 0.4) is 0 Å². The highest BCUT2D eigenvalue weighted by molar-refractivity contribution is 5.76. The molecule has 0 bridgehead atoms. The molecule has 2 atom stereocenters. The molecule has 0 saturated heterocycles. The summed E-state index contributed by atoms with van der Waals surface area (Å²) in [7, 11) is 4.05. The number of nitrogens with zero attached hydrogens (tertiary/aromatic N) is 1. The zero-order valence-electron chi connectivity index (χ0n) is 12.8. The molecule has 0 aliphatic heterocycles. The molecule has 1 rings (SSSR count). The maximum atomic E-state index is 11.9. The summed E-state index contributed by atoms with van der Waals surface area (Å²) in [6, 6.07) is 10.4. The number of carbonyl (C=O) groups excluding carboxylic acids is 1. The van der Waals surface area contributed by atoms with E-state index in [1.165, 1.54) is 5.56 Å². The Labute approximate surface area is 122 Å². The van der Waals surface area contributed by atoms with Crippen molar-refractivity contribution in [3.63, 3.8) is 0 Å². The molecular weight excluding hydrogens is 250 g/mol. The number of carbonyl (C=O) groups is 1. The number of hydrogen-bond acceptors (Lipinski definition) is 3. The first kappa shape index (κ1) is 16.7. The van der Waals surface area contributed by atoms with Crippen molar-refractivity contribution in [1.82, 2.24) is 10.2 Å². The van der Waals surface area contributed by atoms with Crippen molar-refractivity contribution in [3.8, 4) is 0 Å². The van der Waals surface area contributed by atoms with Gasteiger partial charge in [0.05, 0.1) is 6.04 Å². The Kier molecular flexibility index (Phi) is 7.26. The lowest BCUT2D eigenvalue weighted by molar-refractivity contribution is -0.122. The molecule has 0 saturated carbocycles. The Morgan fingerprint density at radius 1 is 1.30 bits per heavy atom. The van der Waals surface area contributed by atoms with E-state index in [0.29, 0.717) is 19.5 Å². The Morgan fingerprint density at radius 3 is 2.45 bits per heavy atom. The Bertz CT molecular complexity index is 388. The van der Waals surface area contributed by atoms with Crippen molar-refractivity contribution in [2.75, 3.05) is 27.2 Å². The molecule has 0 radical (unpaired) electrons. The predicted molar refractivity (Wildman–Crippen MR) is 83.3 cm³/mol. The number of benzene rings is 1. The Balaban J connectivity index is 2.54. The van der Waals surface area contributed by atoms with Gasteiger partial charge in [-0.05, 0) is 32.1 Å². The molecule has 112 valence electrons. The summed E-state index contributed by atoms with van der Waals surface area (Å²) in [5.74, 6) is 0.370. The summed E-state index contributed by atoms with van der Waals surface area (Å²) in [6.07, 6.45) is 1.46. The monoisotopic (exact) mass is 277 g/mol. The lowest BCUT2D eigenvalue weighted by Gasteiger charge is -2.25. The standard InChI is InChI=1S/C16H27N3O/c1-4-13(11-17)10-16(20)18-12-15(19(2)3)14-8-6-5-7-9-14/h5-9,13,15H,4,10-12,17H2,1-3H3,(H,18,20). The van der Waals surface area contributed by atoms with Gasteiger partial charge in [-0.1, -0.05) is 43.7 Å². The molecule has 0 spiro atoms. The van der Waals surface area contributed by atoms with Crippen LogP contribution in [-0.4, -0.2) is 38.0 Å². The van der Waals surface area contributed by atoms with E-state index in [1.54, 1.807) is 0 Å². The van der Waals surface area contributed by atoms with Crippen molar-refractivity contribution in [3.05, 3.63) is 35.9 Å². The van der Waals surface area contributed by atoms with Gasteiger partial charge in [0.1, 0.15) is 0 Å². The maximum Gasteiger partial charge on any atom is 0.220 e. The number of nitrogens with two attached hydrogens (primary N) is 1. The highest BCUT2D eigenvalue weighted by atomic mass is 16.1. The smallest absolute Gasteiger partial charge is 0.220 e. The third-order valence-corrected chi connectivity index (χ3v) is 3.69. The van der Waals surface area contributed by atoms with Gasteiger partial charge in [-0.3, -0.25) is 4.79 Å². The largest absolute Gasteiger partial charge is 0.354 e. The van der Waals surface area contributed by atoms with Crippen LogP contribution in [0, 0.1) is 5.92 Å². The number of rotatable bonds is 8. The maximum absolute atomic E-state index is 11.9. The van der Waals surface area contributed by atoms with Crippen LogP contribution in [0.2, 0.25) is 0 Å². The highest BCUT2D eigenvalue weighted by Crippen LogP contribution is 2.16. The van der Waals surface area contributed by atoms with E-state index < -0.39 is 0 Å². The number of nitrogens with one attached hydrogen (secondary N) is 1. The topological polar surface area (TPSA) is 58.4 Å². The fraction of sp³-hybridized carbons (Fsp3) is 0.562. The first-order chi connectivity index (χ1) is 9.58. The molecule has 2 unspecified atom stereocenters. The Morgan fingerprint density at radius 2 is 1.95 bits per heavy atom. The van der Waals surface area contributed by atoms with Crippen molar-refractivity contribution in [1.29, 1.82) is 0 Å². The normalized spacial score (nSPS) is 14.1. The summed E-state index contributed by atoms with van der Waals surface area (Å²) in [5, 5.41) is 3.03. The zero-order valence-corrected chi connectivity index (χ0v) is 12.8. The van der Waals surface area contributed by atoms with Gasteiger partial charge < -0.3 is 16.0 Å². The summed E-state index contributed by atoms with van der Waals surface area (Å²) >= 11 is 0. The molecule has 4 heteroatoms. The minimum atomic E-state index is 0.0880. The van der Waals surface area contributed by atoms with Crippen LogP contribution in [0.1, 0.15) is 31.4 Å². The second-order valence-corrected chi connectivity index (χ2v) is 5.41. The third-order valence-electron chi connectivity index (χ3n) is 3.69. The Hall–Kier alpha value is -1.39. The predicted octanol–water partition coefficient (Wildman–Crippen LogP) is 1.78. The van der Waals surface area contributed by atoms with E-state index in [1.807, 2.05) is 32.3 Å². The molecule has 1 aromatic rings. The van der Waals surface area contributed by atoms with E-state index in [9.17, 15) is 4.79 Å². The average molecular weight is 277 g/mol. The van der Waals surface area contributed by atoms with Gasteiger partial charge in [0, 0.05) is 13.0 Å². The van der Waals surface area contributed by atoms with Gasteiger partial charge in [0.25, 0.3) is 0 Å². The highest BCUT2D eigenvalue weighted by Gasteiger charge is 2.16. The molecular formula is C16H27N3O. The molecule has 0 aliphatic rings. The van der Waals surface area contributed by atoms with E-state index >= 15 is 0 Å². The van der Waals surface area contributed by atoms with Crippen LogP contribution < -0.4 is 11.1 Å². The molecule has 3 N–H and O–H groups in total. The van der Waals surface area contributed by atoms with Gasteiger partial charge >= 0.3 is 0 Å². The van der Waals surface area contributed by atoms with Gasteiger partial charge in [0.15, 0.2) is 0 Å². The minimum Gasteiger partial charge on any atom is -0.354 e. The lowest BCUT2D eigenvalue weighted by atomic mass is 10.0. The second kappa shape index (κ2) is 8.72. The second-order valence-electron chi connectivity index (χ2n) is 5.41. The van der Waals surface area contributed by atoms with Crippen molar-refractivity contribution in [2.45, 2.75) is 25.8 Å². The lowest BCUT2D eigenvalue weighted by Crippen LogP contribution is -2.35. The summed E-state index contributed by atoms with van der Waals surface area (Å²) in [6.45, 7) is 3.26. The number of likely N-dealkylation sites (N-methyl/N-ethyl adjacent to an activating group) is 1. The van der Waals surface area contributed by atoms with E-state index in [4.69, 9.17) is 5.73 Å². The molecule has 1 amide bonds. The summed E-state index contributed by atoms with van der Waals surface area (Å²) in [4.78, 5) is 14.1. The van der Waals surface area contributed by atoms with E-state index in [-0.39, 0.29) is 17.9 Å². The van der Waals surface area contributed by atoms with Crippen molar-refractivity contribution in [2.24, 2.45) is 11.7 Å². The zero-order chi connectivity index (χ0) is 15.0. The fourth-order valence-electron chi connectivity index (χ4n) is 2.21. The van der Waals surface area contributed by atoms with Crippen LogP contribution in [0.5, 0.6) is 0 Å². The molecule has 0 fully saturated rings. The van der Waals surface area contributed by atoms with E-state index in [0.717, 1.165) is 6.42 Å². The van der Waals surface area contributed by atoms with Gasteiger partial charge in [-0.2, -0.15) is 0 Å². The van der Waals surface area contributed by atoms with Gasteiger partial charge in [0.2, 0.25) is 5.91 Å². The first-order valence-corrected chi connectivity index (χ1v) is 7.26. The van der Waals surface area contributed by atoms with Gasteiger partial charge in [-0.15, -0.1) is 0 Å². The molecule has 0 heterocycles. The van der Waals surface area contributed by atoms with Crippen LogP contribution in [0.15, 0.2) is 30.3 Å². The summed E-state index contributed by atoms with van der Waals surface area (Å²) in [5.41, 5.74) is 6.85. The molecule has 20 heavy (non-hydrogen) atoms. The number of amides is 1. The van der Waals surface area contributed by atoms with Crippen molar-refractivity contribution >= 4 is 5.91 Å². The van der Waals surface area contributed by atoms with Crippen LogP contribution in [0.4, 0.5) is 0 Å². The average Bonchev–Trinajstić information content (AvgIpc) is 2.45. The fourth-order valence-corrected chi connectivity index (χ4v) is 2.21. The van der Waals surface area contributed by atoms with Crippen LogP contribution in [-0.2, 0) is 4.79 Å². The molecule has 0 aliphatic carbocycles. The third kappa shape index (κ3) is 5.31. The van der Waals surface area contributed by atoms with Crippen LogP contribution in [0.25, 0.3) is 0 Å². The molecule has 4 nitrogen and oxygen atoms in total. The van der Waals surface area contributed by atoms with Crippen molar-refractivity contribution < 1.29 is 4.79 Å². The van der Waals surface area contributed by atoms with Gasteiger partial charge in [-0.25, -0.2) is 0 Å². The van der Waals surface area contributed by atoms with E-state index in [2.05, 4.69) is 29.3 Å². The molecule has 0 aromatic heterocycles. The molecule has 1 aromatic carbocycles. The quantitative estimate of drug-likeness (QED) is 0.761. The minimum absolute atomic E-state index is 0.0880. The van der Waals surface area contributed by atoms with Crippen LogP contribution >= 0.6 is 0 Å². The number of hydrogen-bond donors (Lipinski definition) is 2. The summed E-state index contributed by atoms with van der Waals surface area (Å²) < 4.78 is 0. The SMILES string of the molecule is CCC(CN)CC(=O)NCC(c1ccccc1)N(C)C. The first-order valence-electron chi connectivity index (χ1n) is 7.26.